The maximum atomic E-state index is 13.7. The summed E-state index contributed by atoms with van der Waals surface area (Å²) in [7, 11) is 0. The number of ether oxygens (including phenoxy) is 1. The number of aliphatic hydroxyl groups excluding tert-OH is 2. The molecular weight excluding hydrogens is 496 g/mol. The summed E-state index contributed by atoms with van der Waals surface area (Å²) in [6.45, 7) is 2.09. The first kappa shape index (κ1) is 28.1. The average molecular weight is 532 g/mol. The largest absolute Gasteiger partial charge is 0.462 e. The van der Waals surface area contributed by atoms with Crippen molar-refractivity contribution in [1.82, 2.24) is 14.8 Å². The van der Waals surface area contributed by atoms with E-state index in [9.17, 15) is 28.6 Å². The topological polar surface area (TPSA) is 103 Å². The van der Waals surface area contributed by atoms with Gasteiger partial charge in [-0.3, -0.25) is 19.5 Å². The lowest BCUT2D eigenvalue weighted by Gasteiger charge is -2.40. The van der Waals surface area contributed by atoms with Crippen molar-refractivity contribution in [2.24, 2.45) is 5.41 Å². The summed E-state index contributed by atoms with van der Waals surface area (Å²) in [5.41, 5.74) is 0.123. The number of hydrogen-bond donors (Lipinski definition) is 2. The van der Waals surface area contributed by atoms with Crippen LogP contribution in [0.3, 0.4) is 0 Å². The average Bonchev–Trinajstić information content (AvgIpc) is 2.91. The fraction of sp³-hybridized carbons (Fsp3) is 0.536. The zero-order valence-electron chi connectivity index (χ0n) is 21.4. The zero-order chi connectivity index (χ0) is 27.1. The number of carbonyl (C=O) groups is 2. The van der Waals surface area contributed by atoms with Gasteiger partial charge in [0.05, 0.1) is 17.2 Å². The van der Waals surface area contributed by atoms with Gasteiger partial charge >= 0.3 is 5.97 Å². The number of amides is 1. The minimum Gasteiger partial charge on any atom is -0.462 e. The third kappa shape index (κ3) is 7.12. The Hall–Kier alpha value is -2.95. The van der Waals surface area contributed by atoms with Crippen LogP contribution in [-0.4, -0.2) is 81.9 Å². The molecule has 2 aromatic rings. The molecule has 2 atom stereocenters. The van der Waals surface area contributed by atoms with Crippen molar-refractivity contribution in [1.29, 1.82) is 0 Å². The molecular formula is C28H35F2N3O5. The van der Waals surface area contributed by atoms with Gasteiger partial charge in [0.2, 0.25) is 0 Å². The molecule has 3 heterocycles. The molecule has 1 aromatic heterocycles. The number of esters is 1. The van der Waals surface area contributed by atoms with Crippen LogP contribution in [0.2, 0.25) is 0 Å². The number of aliphatic hydroxyl groups is 2. The van der Waals surface area contributed by atoms with Crippen molar-refractivity contribution in [3.8, 4) is 0 Å². The van der Waals surface area contributed by atoms with Gasteiger partial charge in [0.15, 0.2) is 0 Å². The fourth-order valence-corrected chi connectivity index (χ4v) is 5.26. The number of nitrogens with zero attached hydrogens (tertiary/aromatic N) is 3. The number of carbonyl (C=O) groups excluding carboxylic acids is 2. The predicted molar refractivity (Wildman–Crippen MR) is 135 cm³/mol. The second-order valence-electron chi connectivity index (χ2n) is 10.3. The maximum Gasteiger partial charge on any atom is 0.312 e. The first-order chi connectivity index (χ1) is 18.3. The van der Waals surface area contributed by atoms with Crippen LogP contribution in [0.1, 0.15) is 54.6 Å². The molecule has 2 aliphatic rings. The third-order valence-electron chi connectivity index (χ3n) is 7.61. The van der Waals surface area contributed by atoms with Crippen molar-refractivity contribution in [2.75, 3.05) is 32.8 Å². The van der Waals surface area contributed by atoms with Crippen LogP contribution in [-0.2, 0) is 16.1 Å². The molecule has 8 nitrogen and oxygen atoms in total. The van der Waals surface area contributed by atoms with Crippen LogP contribution < -0.4 is 0 Å². The van der Waals surface area contributed by atoms with E-state index in [1.165, 1.54) is 4.90 Å². The van der Waals surface area contributed by atoms with Crippen LogP contribution in [0.15, 0.2) is 42.6 Å². The summed E-state index contributed by atoms with van der Waals surface area (Å²) in [5, 5.41) is 20.9. The molecule has 0 bridgehead atoms. The minimum absolute atomic E-state index is 0.0237. The summed E-state index contributed by atoms with van der Waals surface area (Å²) in [6.07, 6.45) is 2.16. The van der Waals surface area contributed by atoms with E-state index in [-0.39, 0.29) is 37.6 Å². The standard InChI is InChI=1S/C28H35F2N3O5/c29-21-15-20(16-22(30)17-21)26(36)33-11-4-2-7-28(27(37)38-19-25(35)24(34)6-12-33)8-13-32(14-9-28)18-23-5-1-3-10-31-23/h1,3,5,10,15-17,24-25,34-35H,2,4,6-9,11-14,18-19H2/t24-,25+/m0/s1. The first-order valence-electron chi connectivity index (χ1n) is 13.2. The van der Waals surface area contributed by atoms with Gasteiger partial charge in [-0.25, -0.2) is 8.78 Å². The molecule has 2 fully saturated rings. The number of halogens is 2. The highest BCUT2D eigenvalue weighted by molar-refractivity contribution is 5.94. The van der Waals surface area contributed by atoms with Crippen molar-refractivity contribution in [2.45, 2.75) is 57.3 Å². The summed E-state index contributed by atoms with van der Waals surface area (Å²) in [4.78, 5) is 34.4. The molecule has 0 aliphatic carbocycles. The molecule has 2 N–H and O–H groups in total. The number of piperidine rings is 1. The van der Waals surface area contributed by atoms with Gasteiger partial charge in [-0.15, -0.1) is 0 Å². The molecule has 38 heavy (non-hydrogen) atoms. The lowest BCUT2D eigenvalue weighted by Crippen LogP contribution is -2.46. The van der Waals surface area contributed by atoms with Gasteiger partial charge < -0.3 is 19.8 Å². The third-order valence-corrected chi connectivity index (χ3v) is 7.61. The smallest absolute Gasteiger partial charge is 0.312 e. The van der Waals surface area contributed by atoms with Crippen LogP contribution in [0.4, 0.5) is 8.78 Å². The highest BCUT2D eigenvalue weighted by Gasteiger charge is 2.42. The molecule has 2 aliphatic heterocycles. The molecule has 206 valence electrons. The molecule has 10 heteroatoms. The van der Waals surface area contributed by atoms with Crippen molar-refractivity contribution >= 4 is 11.9 Å². The summed E-state index contributed by atoms with van der Waals surface area (Å²) in [6, 6.07) is 8.45. The summed E-state index contributed by atoms with van der Waals surface area (Å²) < 4.78 is 33.0. The zero-order valence-corrected chi connectivity index (χ0v) is 21.4. The van der Waals surface area contributed by atoms with Gasteiger partial charge in [-0.1, -0.05) is 12.5 Å². The number of hydrogen-bond acceptors (Lipinski definition) is 7. The Morgan fingerprint density at radius 1 is 1.00 bits per heavy atom. The molecule has 0 radical (unpaired) electrons. The number of pyridine rings is 1. The lowest BCUT2D eigenvalue weighted by molar-refractivity contribution is -0.165. The lowest BCUT2D eigenvalue weighted by atomic mass is 9.74. The summed E-state index contributed by atoms with van der Waals surface area (Å²) in [5.74, 6) is -2.61. The monoisotopic (exact) mass is 531 g/mol. The van der Waals surface area contributed by atoms with E-state index in [1.807, 2.05) is 18.2 Å². The van der Waals surface area contributed by atoms with Gasteiger partial charge in [-0.2, -0.15) is 0 Å². The van der Waals surface area contributed by atoms with E-state index in [2.05, 4.69) is 9.88 Å². The van der Waals surface area contributed by atoms with Crippen molar-refractivity contribution in [3.05, 3.63) is 65.5 Å². The van der Waals surface area contributed by atoms with Crippen molar-refractivity contribution < 1.29 is 33.3 Å². The van der Waals surface area contributed by atoms with Crippen LogP contribution in [0.25, 0.3) is 0 Å². The van der Waals surface area contributed by atoms with Crippen LogP contribution >= 0.6 is 0 Å². The Labute approximate surface area is 221 Å². The Kier molecular flexibility index (Phi) is 9.40. The van der Waals surface area contributed by atoms with Gasteiger partial charge in [0.25, 0.3) is 5.91 Å². The van der Waals surface area contributed by atoms with Gasteiger partial charge in [-0.05, 0) is 69.5 Å². The van der Waals surface area contributed by atoms with E-state index in [4.69, 9.17) is 4.74 Å². The Morgan fingerprint density at radius 2 is 1.74 bits per heavy atom. The molecule has 2 saturated heterocycles. The number of aromatic nitrogens is 1. The maximum absolute atomic E-state index is 13.7. The number of likely N-dealkylation sites (tertiary alicyclic amines) is 1. The predicted octanol–water partition coefficient (Wildman–Crippen LogP) is 2.92. The van der Waals surface area contributed by atoms with E-state index in [1.54, 1.807) is 6.20 Å². The molecule has 1 aromatic carbocycles. The van der Waals surface area contributed by atoms with E-state index in [0.717, 1.165) is 17.8 Å². The first-order valence-corrected chi connectivity index (χ1v) is 13.2. The van der Waals surface area contributed by atoms with E-state index >= 15 is 0 Å². The normalized spacial score (nSPS) is 23.7. The SMILES string of the molecule is O=C(c1cc(F)cc(F)c1)N1CCCCC2(CCN(Cc3ccccn3)CC2)C(=O)OC[C@@H](O)[C@@H](O)CC1. The minimum atomic E-state index is -1.32. The number of benzene rings is 1. The molecule has 1 amide bonds. The van der Waals surface area contributed by atoms with Crippen LogP contribution in [0, 0.1) is 17.0 Å². The van der Waals surface area contributed by atoms with E-state index in [0.29, 0.717) is 57.8 Å². The second kappa shape index (κ2) is 12.7. The van der Waals surface area contributed by atoms with E-state index < -0.39 is 35.2 Å². The number of cyclic esters (lactones) is 1. The molecule has 0 unspecified atom stereocenters. The van der Waals surface area contributed by atoms with Crippen LogP contribution in [0.5, 0.6) is 0 Å². The van der Waals surface area contributed by atoms with Gasteiger partial charge in [0, 0.05) is 37.5 Å². The number of rotatable bonds is 3. The molecule has 4 rings (SSSR count). The van der Waals surface area contributed by atoms with Gasteiger partial charge in [0.1, 0.15) is 24.3 Å². The highest BCUT2D eigenvalue weighted by atomic mass is 19.1. The van der Waals surface area contributed by atoms with Crippen molar-refractivity contribution in [3.63, 3.8) is 0 Å². The Bertz CT molecular complexity index is 1070. The quantitative estimate of drug-likeness (QED) is 0.587. The fourth-order valence-electron chi connectivity index (χ4n) is 5.26. The molecule has 0 saturated carbocycles. The summed E-state index contributed by atoms with van der Waals surface area (Å²) >= 11 is 0. The highest BCUT2D eigenvalue weighted by Crippen LogP contribution is 2.38. The second-order valence-corrected chi connectivity index (χ2v) is 10.3. The Morgan fingerprint density at radius 3 is 2.42 bits per heavy atom. The Balaban J connectivity index is 1.45. The molecule has 1 spiro atoms.